The Kier molecular flexibility index (Phi) is 5.97. The van der Waals surface area contributed by atoms with Gasteiger partial charge < -0.3 is 20.4 Å². The van der Waals surface area contributed by atoms with Crippen LogP contribution in [0.1, 0.15) is 81.1 Å². The summed E-state index contributed by atoms with van der Waals surface area (Å²) in [7, 11) is 0. The molecule has 4 aliphatic carbocycles. The number of carbonyl (C=O) groups is 2. The van der Waals surface area contributed by atoms with Crippen LogP contribution in [0.2, 0.25) is 0 Å². The molecule has 0 aromatic rings. The predicted octanol–water partition coefficient (Wildman–Crippen LogP) is 4.44. The van der Waals surface area contributed by atoms with E-state index in [1.165, 1.54) is 19.1 Å². The van der Waals surface area contributed by atoms with Crippen LogP contribution in [0.3, 0.4) is 0 Å². The van der Waals surface area contributed by atoms with E-state index in [0.29, 0.717) is 12.8 Å². The van der Waals surface area contributed by atoms with Gasteiger partial charge in [-0.3, -0.25) is 9.59 Å². The van der Waals surface area contributed by atoms with Crippen molar-refractivity contribution in [3.8, 4) is 0 Å². The second kappa shape index (κ2) is 7.87. The van der Waals surface area contributed by atoms with Crippen molar-refractivity contribution in [2.75, 3.05) is 0 Å². The maximum atomic E-state index is 13.2. The van der Waals surface area contributed by atoms with Gasteiger partial charge in [-0.25, -0.2) is 0 Å². The SMILES string of the molecule is CC(C)(O)/C=C/C(=O)[C@](C)(O)[C@H]1[C@H](O)C[C@@]2(C)C3CC=C4[C@@H](C=C(O)C(=O)C4(C)C)[C@]3(C)CC[C@]12C. The molecular formula is C30H44O6. The molecule has 0 bridgehead atoms. The number of aliphatic hydroxyl groups is 4. The van der Waals surface area contributed by atoms with Gasteiger partial charge in [0.25, 0.3) is 0 Å². The monoisotopic (exact) mass is 500 g/mol. The average Bonchev–Trinajstić information content (AvgIpc) is 2.96. The van der Waals surface area contributed by atoms with Crippen LogP contribution >= 0.6 is 0 Å². The lowest BCUT2D eigenvalue weighted by Crippen LogP contribution is -2.61. The van der Waals surface area contributed by atoms with E-state index in [1.807, 2.05) is 13.8 Å². The largest absolute Gasteiger partial charge is 0.505 e. The van der Waals surface area contributed by atoms with Crippen molar-refractivity contribution in [2.24, 2.45) is 39.4 Å². The molecule has 200 valence electrons. The van der Waals surface area contributed by atoms with Gasteiger partial charge in [0, 0.05) is 11.8 Å². The van der Waals surface area contributed by atoms with Crippen LogP contribution in [0.15, 0.2) is 35.6 Å². The first-order valence-corrected chi connectivity index (χ1v) is 13.3. The summed E-state index contributed by atoms with van der Waals surface area (Å²) < 4.78 is 0. The molecule has 6 nitrogen and oxygen atoms in total. The maximum Gasteiger partial charge on any atom is 0.206 e. The molecule has 8 atom stereocenters. The topological polar surface area (TPSA) is 115 Å². The molecule has 0 heterocycles. The van der Waals surface area contributed by atoms with E-state index in [1.54, 1.807) is 19.9 Å². The molecule has 0 aliphatic heterocycles. The molecule has 2 fully saturated rings. The van der Waals surface area contributed by atoms with Crippen molar-refractivity contribution in [3.05, 3.63) is 35.6 Å². The summed E-state index contributed by atoms with van der Waals surface area (Å²) in [4.78, 5) is 26.0. The molecule has 6 heteroatoms. The Labute approximate surface area is 215 Å². The Bertz CT molecular complexity index is 1070. The summed E-state index contributed by atoms with van der Waals surface area (Å²) in [5.74, 6) is -1.56. The summed E-state index contributed by atoms with van der Waals surface area (Å²) in [6.45, 7) is 14.9. The van der Waals surface area contributed by atoms with E-state index in [9.17, 15) is 30.0 Å². The van der Waals surface area contributed by atoms with E-state index in [-0.39, 0.29) is 34.2 Å². The average molecular weight is 501 g/mol. The van der Waals surface area contributed by atoms with E-state index in [0.717, 1.165) is 18.4 Å². The molecule has 0 radical (unpaired) electrons. The summed E-state index contributed by atoms with van der Waals surface area (Å²) in [5.41, 5.74) is -3.83. The third-order valence-electron chi connectivity index (χ3n) is 11.0. The molecule has 0 amide bonds. The van der Waals surface area contributed by atoms with Gasteiger partial charge >= 0.3 is 0 Å². The van der Waals surface area contributed by atoms with Crippen molar-refractivity contribution in [3.63, 3.8) is 0 Å². The highest BCUT2D eigenvalue weighted by Crippen LogP contribution is 2.74. The predicted molar refractivity (Wildman–Crippen MR) is 138 cm³/mol. The van der Waals surface area contributed by atoms with Crippen molar-refractivity contribution in [2.45, 2.75) is 98.4 Å². The number of hydrogen-bond donors (Lipinski definition) is 4. The summed E-state index contributed by atoms with van der Waals surface area (Å²) in [5, 5.41) is 43.6. The van der Waals surface area contributed by atoms with Crippen molar-refractivity contribution in [1.82, 2.24) is 0 Å². The number of allylic oxidation sites excluding steroid dienone is 4. The molecule has 36 heavy (non-hydrogen) atoms. The van der Waals surface area contributed by atoms with Crippen LogP contribution in [-0.2, 0) is 9.59 Å². The molecule has 0 spiro atoms. The zero-order valence-corrected chi connectivity index (χ0v) is 23.1. The van der Waals surface area contributed by atoms with Gasteiger partial charge in [0.15, 0.2) is 11.5 Å². The minimum Gasteiger partial charge on any atom is -0.505 e. The number of Topliss-reactive ketones (excluding diaryl/α,β-unsaturated/α-hetero) is 1. The first kappa shape index (κ1) is 27.3. The Morgan fingerprint density at radius 3 is 2.25 bits per heavy atom. The van der Waals surface area contributed by atoms with Crippen molar-refractivity contribution in [1.29, 1.82) is 0 Å². The van der Waals surface area contributed by atoms with Crippen LogP contribution in [0, 0.1) is 39.4 Å². The fourth-order valence-corrected chi connectivity index (χ4v) is 8.81. The van der Waals surface area contributed by atoms with Crippen LogP contribution in [0.5, 0.6) is 0 Å². The first-order chi connectivity index (χ1) is 16.2. The summed E-state index contributed by atoms with van der Waals surface area (Å²) >= 11 is 0. The Morgan fingerprint density at radius 1 is 1.06 bits per heavy atom. The Morgan fingerprint density at radius 2 is 1.67 bits per heavy atom. The second-order valence-corrected chi connectivity index (χ2v) is 14.0. The lowest BCUT2D eigenvalue weighted by Gasteiger charge is -2.64. The maximum absolute atomic E-state index is 13.2. The van der Waals surface area contributed by atoms with Gasteiger partial charge in [-0.05, 0) is 94.6 Å². The lowest BCUT2D eigenvalue weighted by molar-refractivity contribution is -0.170. The van der Waals surface area contributed by atoms with Gasteiger partial charge in [0.05, 0.1) is 17.1 Å². The quantitative estimate of drug-likeness (QED) is 0.335. The third-order valence-corrected chi connectivity index (χ3v) is 11.0. The highest BCUT2D eigenvalue weighted by Gasteiger charge is 2.72. The van der Waals surface area contributed by atoms with Crippen molar-refractivity contribution >= 4 is 11.6 Å². The molecular weight excluding hydrogens is 456 g/mol. The fourth-order valence-electron chi connectivity index (χ4n) is 8.81. The second-order valence-electron chi connectivity index (χ2n) is 14.0. The lowest BCUT2D eigenvalue weighted by atomic mass is 9.39. The number of ketones is 2. The minimum absolute atomic E-state index is 0.0848. The minimum atomic E-state index is -1.80. The van der Waals surface area contributed by atoms with Gasteiger partial charge in [-0.1, -0.05) is 38.5 Å². The van der Waals surface area contributed by atoms with E-state index in [4.69, 9.17) is 0 Å². The number of aliphatic hydroxyl groups excluding tert-OH is 2. The molecule has 4 N–H and O–H groups in total. The molecule has 4 aliphatic rings. The fraction of sp³-hybridized carbons (Fsp3) is 0.733. The molecule has 2 saturated carbocycles. The van der Waals surface area contributed by atoms with Crippen molar-refractivity contribution < 1.29 is 30.0 Å². The van der Waals surface area contributed by atoms with Gasteiger partial charge in [-0.15, -0.1) is 0 Å². The highest BCUT2D eigenvalue weighted by molar-refractivity contribution is 6.01. The smallest absolute Gasteiger partial charge is 0.206 e. The normalized spacial score (nSPS) is 43.7. The zero-order valence-electron chi connectivity index (χ0n) is 23.1. The molecule has 0 saturated heterocycles. The van der Waals surface area contributed by atoms with E-state index in [2.05, 4.69) is 26.8 Å². The Hall–Kier alpha value is -1.76. The molecule has 0 aromatic heterocycles. The number of hydrogen-bond acceptors (Lipinski definition) is 6. The van der Waals surface area contributed by atoms with Gasteiger partial charge in [0.1, 0.15) is 5.60 Å². The highest BCUT2D eigenvalue weighted by atomic mass is 16.3. The molecule has 4 rings (SSSR count). The van der Waals surface area contributed by atoms with Crippen LogP contribution < -0.4 is 0 Å². The Balaban J connectivity index is 1.76. The standard InChI is InChI=1S/C30H44O6/c1-25(2,35)12-11-22(33)30(8,36)23-20(32)16-29(7)21-10-9-17-18(15-19(31)24(34)26(17,3)4)27(21,5)13-14-28(23,29)6/h9,11-12,15,18,20-21,23,31-32,35-36H,10,13-14,16H2,1-8H3/b12-11+/t18-,20-,21?,23+,27+,28-,29+,30+/m1/s1. The first-order valence-electron chi connectivity index (χ1n) is 13.3. The molecule has 1 unspecified atom stereocenters. The summed E-state index contributed by atoms with van der Waals surface area (Å²) in [6.07, 6.45) is 8.35. The summed E-state index contributed by atoms with van der Waals surface area (Å²) in [6, 6.07) is 0. The van der Waals surface area contributed by atoms with Crippen LogP contribution in [0.4, 0.5) is 0 Å². The van der Waals surface area contributed by atoms with Gasteiger partial charge in [0.2, 0.25) is 5.78 Å². The zero-order chi connectivity index (χ0) is 27.3. The van der Waals surface area contributed by atoms with Crippen LogP contribution in [0.25, 0.3) is 0 Å². The third kappa shape index (κ3) is 3.54. The molecule has 0 aromatic carbocycles. The number of fused-ring (bicyclic) bond motifs is 5. The van der Waals surface area contributed by atoms with E-state index < -0.39 is 39.8 Å². The van der Waals surface area contributed by atoms with Gasteiger partial charge in [-0.2, -0.15) is 0 Å². The van der Waals surface area contributed by atoms with E-state index >= 15 is 0 Å². The number of carbonyl (C=O) groups excluding carboxylic acids is 2. The number of rotatable bonds is 4. The van der Waals surface area contributed by atoms with Crippen LogP contribution in [-0.4, -0.2) is 49.3 Å².